The summed E-state index contributed by atoms with van der Waals surface area (Å²) in [5.41, 5.74) is 2.36. The van der Waals surface area contributed by atoms with Crippen LogP contribution in [0, 0.1) is 0 Å². The van der Waals surface area contributed by atoms with E-state index in [9.17, 15) is 4.79 Å². The summed E-state index contributed by atoms with van der Waals surface area (Å²) in [6, 6.07) is 0.421. The molecule has 2 heterocycles. The Balaban J connectivity index is 2.12. The number of allylic oxidation sites excluding steroid dienone is 3. The molecule has 0 unspecified atom stereocenters. The van der Waals surface area contributed by atoms with Crippen LogP contribution in [0.25, 0.3) is 0 Å². The second-order valence-electron chi connectivity index (χ2n) is 5.25. The second-order valence-corrected chi connectivity index (χ2v) is 5.25. The van der Waals surface area contributed by atoms with Crippen LogP contribution in [0.3, 0.4) is 0 Å². The van der Waals surface area contributed by atoms with E-state index in [4.69, 9.17) is 0 Å². The number of nitrogens with zero attached hydrogens (tertiary/aromatic N) is 1. The molecule has 104 valence electrons. The van der Waals surface area contributed by atoms with E-state index in [0.29, 0.717) is 12.5 Å². The van der Waals surface area contributed by atoms with Gasteiger partial charge < -0.3 is 10.2 Å². The lowest BCUT2D eigenvalue weighted by atomic mass is 10.0. The highest BCUT2D eigenvalue weighted by Crippen LogP contribution is 2.24. The molecule has 1 fully saturated rings. The molecule has 0 atom stereocenters. The number of rotatable bonds is 3. The lowest BCUT2D eigenvalue weighted by Crippen LogP contribution is -2.46. The van der Waals surface area contributed by atoms with Crippen molar-refractivity contribution < 1.29 is 4.79 Å². The fourth-order valence-electron chi connectivity index (χ4n) is 3.01. The molecule has 0 bridgehead atoms. The van der Waals surface area contributed by atoms with Crippen molar-refractivity contribution in [3.05, 3.63) is 36.0 Å². The van der Waals surface area contributed by atoms with Crippen LogP contribution in [0.1, 0.15) is 32.6 Å². The van der Waals surface area contributed by atoms with Gasteiger partial charge in [-0.25, -0.2) is 0 Å². The van der Waals surface area contributed by atoms with Crippen LogP contribution < -0.4 is 5.32 Å². The first-order valence-corrected chi connectivity index (χ1v) is 7.23. The third-order valence-corrected chi connectivity index (χ3v) is 4.06. The Hall–Kier alpha value is -1.35. The van der Waals surface area contributed by atoms with Crippen LogP contribution in [0.4, 0.5) is 0 Å². The Morgan fingerprint density at radius 1 is 1.32 bits per heavy atom. The number of amides is 1. The normalized spacial score (nSPS) is 23.0. The van der Waals surface area contributed by atoms with Gasteiger partial charge in [0.05, 0.1) is 6.42 Å². The van der Waals surface area contributed by atoms with Gasteiger partial charge in [0, 0.05) is 12.6 Å². The van der Waals surface area contributed by atoms with Crippen molar-refractivity contribution in [3.63, 3.8) is 0 Å². The van der Waals surface area contributed by atoms with Gasteiger partial charge in [-0.3, -0.25) is 4.79 Å². The molecule has 0 radical (unpaired) electrons. The zero-order chi connectivity index (χ0) is 13.7. The Kier molecular flexibility index (Phi) is 4.97. The third kappa shape index (κ3) is 3.35. The summed E-state index contributed by atoms with van der Waals surface area (Å²) in [5.74, 6) is 0.275. The molecule has 2 rings (SSSR count). The fourth-order valence-corrected chi connectivity index (χ4v) is 3.01. The Morgan fingerprint density at radius 3 is 2.68 bits per heavy atom. The summed E-state index contributed by atoms with van der Waals surface area (Å²) in [7, 11) is 0. The maximum atomic E-state index is 12.5. The van der Waals surface area contributed by atoms with Crippen molar-refractivity contribution in [2.24, 2.45) is 0 Å². The number of carbonyl (C=O) groups excluding carboxylic acids is 1. The summed E-state index contributed by atoms with van der Waals surface area (Å²) in [4.78, 5) is 14.6. The Labute approximate surface area is 116 Å². The minimum absolute atomic E-state index is 0.275. The lowest BCUT2D eigenvalue weighted by molar-refractivity contribution is -0.132. The predicted molar refractivity (Wildman–Crippen MR) is 78.9 cm³/mol. The van der Waals surface area contributed by atoms with Crippen LogP contribution in [-0.2, 0) is 4.79 Å². The molecule has 0 aromatic rings. The first-order valence-electron chi connectivity index (χ1n) is 7.23. The molecule has 2 aliphatic rings. The minimum Gasteiger partial charge on any atom is -0.339 e. The van der Waals surface area contributed by atoms with E-state index in [2.05, 4.69) is 22.9 Å². The monoisotopic (exact) mass is 260 g/mol. The minimum atomic E-state index is 0.275. The van der Waals surface area contributed by atoms with Crippen molar-refractivity contribution in [2.75, 3.05) is 19.6 Å². The molecule has 3 heteroatoms. The number of carbonyl (C=O) groups is 1. The van der Waals surface area contributed by atoms with E-state index in [-0.39, 0.29) is 5.91 Å². The molecule has 0 spiro atoms. The van der Waals surface area contributed by atoms with Crippen molar-refractivity contribution in [3.8, 4) is 0 Å². The third-order valence-electron chi connectivity index (χ3n) is 4.06. The fraction of sp³-hybridized carbons (Fsp3) is 0.562. The van der Waals surface area contributed by atoms with E-state index in [1.165, 1.54) is 5.57 Å². The SMILES string of the molecule is C=CC1=C(/C=C\C)CC(=O)N(C2CCNCC2)CC1. The van der Waals surface area contributed by atoms with E-state index in [1.54, 1.807) is 0 Å². The van der Waals surface area contributed by atoms with E-state index in [0.717, 1.165) is 44.5 Å². The van der Waals surface area contributed by atoms with Gasteiger partial charge in [-0.15, -0.1) is 0 Å². The number of nitrogens with one attached hydrogen (secondary N) is 1. The van der Waals surface area contributed by atoms with Crippen LogP contribution in [0.2, 0.25) is 0 Å². The van der Waals surface area contributed by atoms with Crippen molar-refractivity contribution in [1.82, 2.24) is 10.2 Å². The van der Waals surface area contributed by atoms with E-state index in [1.807, 2.05) is 19.1 Å². The molecule has 3 nitrogen and oxygen atoms in total. The van der Waals surface area contributed by atoms with Crippen molar-refractivity contribution in [2.45, 2.75) is 38.6 Å². The summed E-state index contributed by atoms with van der Waals surface area (Å²) in [5, 5.41) is 3.36. The molecule has 0 aromatic carbocycles. The number of hydrogen-bond donors (Lipinski definition) is 1. The Bertz CT molecular complexity index is 403. The number of piperidine rings is 1. The average Bonchev–Trinajstić information content (AvgIpc) is 2.59. The van der Waals surface area contributed by atoms with Gasteiger partial charge in [-0.05, 0) is 50.4 Å². The molecule has 1 N–H and O–H groups in total. The summed E-state index contributed by atoms with van der Waals surface area (Å²) in [6.07, 6.45) is 9.58. The predicted octanol–water partition coefficient (Wildman–Crippen LogP) is 2.42. The zero-order valence-corrected chi connectivity index (χ0v) is 11.8. The maximum Gasteiger partial charge on any atom is 0.227 e. The zero-order valence-electron chi connectivity index (χ0n) is 11.8. The topological polar surface area (TPSA) is 32.3 Å². The Morgan fingerprint density at radius 2 is 2.05 bits per heavy atom. The molecule has 1 saturated heterocycles. The average molecular weight is 260 g/mol. The molecular weight excluding hydrogens is 236 g/mol. The van der Waals surface area contributed by atoms with Crippen molar-refractivity contribution >= 4 is 5.91 Å². The second kappa shape index (κ2) is 6.71. The molecular formula is C16H24N2O. The van der Waals surface area contributed by atoms with Crippen LogP contribution in [-0.4, -0.2) is 36.5 Å². The maximum absolute atomic E-state index is 12.5. The van der Waals surface area contributed by atoms with Crippen molar-refractivity contribution in [1.29, 1.82) is 0 Å². The highest BCUT2D eigenvalue weighted by Gasteiger charge is 2.27. The van der Waals surface area contributed by atoms with Gasteiger partial charge >= 0.3 is 0 Å². The molecule has 0 saturated carbocycles. The largest absolute Gasteiger partial charge is 0.339 e. The van der Waals surface area contributed by atoms with Gasteiger partial charge in [0.2, 0.25) is 5.91 Å². The quantitative estimate of drug-likeness (QED) is 0.845. The van der Waals surface area contributed by atoms with Crippen LogP contribution in [0.15, 0.2) is 36.0 Å². The molecule has 19 heavy (non-hydrogen) atoms. The molecule has 2 aliphatic heterocycles. The summed E-state index contributed by atoms with van der Waals surface area (Å²) < 4.78 is 0. The van der Waals surface area contributed by atoms with E-state index < -0.39 is 0 Å². The standard InChI is InChI=1S/C16H24N2O/c1-3-5-14-12-16(19)18(11-8-13(14)4-2)15-6-9-17-10-7-15/h3-5,15,17H,2,6-12H2,1H3/b5-3-. The smallest absolute Gasteiger partial charge is 0.227 e. The van der Waals surface area contributed by atoms with Gasteiger partial charge in [-0.2, -0.15) is 0 Å². The van der Waals surface area contributed by atoms with Gasteiger partial charge in [-0.1, -0.05) is 24.8 Å². The summed E-state index contributed by atoms with van der Waals surface area (Å²) in [6.45, 7) is 8.77. The van der Waals surface area contributed by atoms with Gasteiger partial charge in [0.25, 0.3) is 0 Å². The highest BCUT2D eigenvalue weighted by atomic mass is 16.2. The van der Waals surface area contributed by atoms with Gasteiger partial charge in [0.15, 0.2) is 0 Å². The lowest BCUT2D eigenvalue weighted by Gasteiger charge is -2.34. The number of hydrogen-bond acceptors (Lipinski definition) is 2. The first-order chi connectivity index (χ1) is 9.26. The highest BCUT2D eigenvalue weighted by molar-refractivity contribution is 5.80. The van der Waals surface area contributed by atoms with Crippen LogP contribution in [0.5, 0.6) is 0 Å². The summed E-state index contributed by atoms with van der Waals surface area (Å²) >= 11 is 0. The van der Waals surface area contributed by atoms with Gasteiger partial charge in [0.1, 0.15) is 0 Å². The van der Waals surface area contributed by atoms with E-state index >= 15 is 0 Å². The van der Waals surface area contributed by atoms with Crippen LogP contribution >= 0.6 is 0 Å². The molecule has 0 aliphatic carbocycles. The molecule has 1 amide bonds. The first kappa shape index (κ1) is 14.1. The molecule has 0 aromatic heterocycles.